The van der Waals surface area contributed by atoms with E-state index in [1.807, 2.05) is 34.5 Å². The topological polar surface area (TPSA) is 78.6 Å². The van der Waals surface area contributed by atoms with Gasteiger partial charge in [0.25, 0.3) is 5.56 Å². The van der Waals surface area contributed by atoms with Gasteiger partial charge in [-0.25, -0.2) is 4.79 Å². The second kappa shape index (κ2) is 10.8. The minimum Gasteiger partial charge on any atom is -0.492 e. The summed E-state index contributed by atoms with van der Waals surface area (Å²) in [4.78, 5) is 29.2. The maximum atomic E-state index is 13.0. The number of fused-ring (bicyclic) bond motifs is 1. The monoisotopic (exact) mass is 470 g/mol. The molecule has 0 aliphatic carbocycles. The molecule has 4 rings (SSSR count). The minimum atomic E-state index is -0.468. The molecule has 9 heteroatoms. The number of esters is 1. The molecule has 3 aromatic rings. The van der Waals surface area contributed by atoms with Gasteiger partial charge >= 0.3 is 5.97 Å². The molecule has 3 aromatic heterocycles. The van der Waals surface area contributed by atoms with E-state index in [1.54, 1.807) is 22.1 Å². The van der Waals surface area contributed by atoms with Crippen LogP contribution in [0.25, 0.3) is 0 Å². The highest BCUT2D eigenvalue weighted by Gasteiger charge is 2.27. The zero-order valence-corrected chi connectivity index (χ0v) is 19.9. The summed E-state index contributed by atoms with van der Waals surface area (Å²) in [5.74, 6) is -0.153. The van der Waals surface area contributed by atoms with Crippen LogP contribution in [-0.4, -0.2) is 58.1 Å². The van der Waals surface area contributed by atoms with Crippen molar-refractivity contribution in [3.8, 4) is 5.75 Å². The summed E-state index contributed by atoms with van der Waals surface area (Å²) in [6, 6.07) is 7.72. The number of rotatable bonds is 9. The third-order valence-electron chi connectivity index (χ3n) is 6.16. The Morgan fingerprint density at radius 1 is 1.27 bits per heavy atom. The molecule has 4 heterocycles. The van der Waals surface area contributed by atoms with E-state index in [4.69, 9.17) is 9.47 Å². The Kier molecular flexibility index (Phi) is 7.61. The molecule has 1 aliphatic heterocycles. The molecule has 0 saturated heterocycles. The van der Waals surface area contributed by atoms with Gasteiger partial charge in [-0.2, -0.15) is 5.10 Å². The second-order valence-electron chi connectivity index (χ2n) is 8.18. The number of pyridine rings is 1. The van der Waals surface area contributed by atoms with Crippen LogP contribution >= 0.6 is 11.3 Å². The molecule has 176 valence electrons. The van der Waals surface area contributed by atoms with E-state index < -0.39 is 5.97 Å². The van der Waals surface area contributed by atoms with Crippen molar-refractivity contribution in [2.75, 3.05) is 26.8 Å². The van der Waals surface area contributed by atoms with Gasteiger partial charge in [0.15, 0.2) is 0 Å². The number of hydrogen-bond donors (Lipinski definition) is 0. The number of thiophene rings is 1. The highest BCUT2D eigenvalue weighted by molar-refractivity contribution is 7.09. The first kappa shape index (κ1) is 23.3. The maximum Gasteiger partial charge on any atom is 0.343 e. The van der Waals surface area contributed by atoms with Gasteiger partial charge < -0.3 is 14.0 Å². The summed E-state index contributed by atoms with van der Waals surface area (Å²) in [6.07, 6.45) is 6.00. The van der Waals surface area contributed by atoms with Crippen LogP contribution in [0.1, 0.15) is 34.3 Å². The van der Waals surface area contributed by atoms with Crippen molar-refractivity contribution < 1.29 is 14.3 Å². The summed E-state index contributed by atoms with van der Waals surface area (Å²) in [6.45, 7) is 5.45. The largest absolute Gasteiger partial charge is 0.492 e. The summed E-state index contributed by atoms with van der Waals surface area (Å²) in [5.41, 5.74) is 0.923. The Balaban J connectivity index is 1.50. The fourth-order valence-electron chi connectivity index (χ4n) is 4.29. The Labute approximate surface area is 197 Å². The van der Waals surface area contributed by atoms with Crippen LogP contribution in [0.15, 0.2) is 46.8 Å². The van der Waals surface area contributed by atoms with Gasteiger partial charge in [0.1, 0.15) is 11.3 Å². The molecule has 0 amide bonds. The van der Waals surface area contributed by atoms with Gasteiger partial charge in [0, 0.05) is 74.1 Å². The highest BCUT2D eigenvalue weighted by atomic mass is 32.1. The van der Waals surface area contributed by atoms with E-state index in [0.717, 1.165) is 32.5 Å². The molecule has 0 saturated carbocycles. The number of aryl methyl sites for hydroxylation is 1. The lowest BCUT2D eigenvalue weighted by Gasteiger charge is -2.27. The molecule has 0 aromatic carbocycles. The molecule has 8 nitrogen and oxygen atoms in total. The molecule has 0 unspecified atom stereocenters. The van der Waals surface area contributed by atoms with E-state index in [-0.39, 0.29) is 5.56 Å². The Morgan fingerprint density at radius 2 is 2.15 bits per heavy atom. The lowest BCUT2D eigenvalue weighted by atomic mass is 10.1. The number of carbonyl (C=O) groups is 1. The summed E-state index contributed by atoms with van der Waals surface area (Å²) < 4.78 is 14.7. The van der Waals surface area contributed by atoms with E-state index in [9.17, 15) is 9.59 Å². The van der Waals surface area contributed by atoms with E-state index in [0.29, 0.717) is 42.6 Å². The molecular formula is C24H30N4O4S. The Bertz CT molecular complexity index is 1110. The van der Waals surface area contributed by atoms with Crippen molar-refractivity contribution in [1.29, 1.82) is 0 Å². The minimum absolute atomic E-state index is 0.144. The summed E-state index contributed by atoms with van der Waals surface area (Å²) in [7, 11) is 1.36. The van der Waals surface area contributed by atoms with Crippen LogP contribution in [0.3, 0.4) is 0 Å². The molecule has 33 heavy (non-hydrogen) atoms. The summed E-state index contributed by atoms with van der Waals surface area (Å²) >= 11 is 1.66. The Hall–Kier alpha value is -2.91. The normalized spacial score (nSPS) is 15.0. The van der Waals surface area contributed by atoms with Gasteiger partial charge in [0.05, 0.1) is 13.7 Å². The van der Waals surface area contributed by atoms with Gasteiger partial charge in [-0.3, -0.25) is 14.4 Å². The van der Waals surface area contributed by atoms with Crippen molar-refractivity contribution >= 4 is 17.3 Å². The van der Waals surface area contributed by atoms with E-state index in [2.05, 4.69) is 16.9 Å². The lowest BCUT2D eigenvalue weighted by molar-refractivity contribution is 0.0593. The van der Waals surface area contributed by atoms with Crippen molar-refractivity contribution in [3.05, 3.63) is 68.5 Å². The van der Waals surface area contributed by atoms with Crippen molar-refractivity contribution in [1.82, 2.24) is 19.2 Å². The molecule has 0 bridgehead atoms. The van der Waals surface area contributed by atoms with Gasteiger partial charge in [0.2, 0.25) is 0 Å². The predicted molar refractivity (Wildman–Crippen MR) is 127 cm³/mol. The zero-order chi connectivity index (χ0) is 23.2. The van der Waals surface area contributed by atoms with Crippen LogP contribution in [-0.2, 0) is 30.7 Å². The first-order chi connectivity index (χ1) is 16.1. The van der Waals surface area contributed by atoms with Crippen LogP contribution in [0.5, 0.6) is 5.75 Å². The number of hydrogen-bond acceptors (Lipinski definition) is 7. The molecule has 1 atom stereocenters. The van der Waals surface area contributed by atoms with Crippen LogP contribution in [0.2, 0.25) is 0 Å². The fraction of sp³-hybridized carbons (Fsp3) is 0.458. The highest BCUT2D eigenvalue weighted by Crippen LogP contribution is 2.25. The van der Waals surface area contributed by atoms with Gasteiger partial charge in [-0.05, 0) is 30.9 Å². The first-order valence-corrected chi connectivity index (χ1v) is 12.2. The van der Waals surface area contributed by atoms with Crippen molar-refractivity contribution in [2.24, 2.45) is 0 Å². The average molecular weight is 471 g/mol. The van der Waals surface area contributed by atoms with Crippen LogP contribution in [0.4, 0.5) is 0 Å². The molecule has 0 N–H and O–H groups in total. The van der Waals surface area contributed by atoms with Gasteiger partial charge in [-0.1, -0.05) is 6.07 Å². The average Bonchev–Trinajstić information content (AvgIpc) is 3.48. The molecular weight excluding hydrogens is 440 g/mol. The van der Waals surface area contributed by atoms with E-state index >= 15 is 0 Å². The van der Waals surface area contributed by atoms with Crippen molar-refractivity contribution in [2.45, 2.75) is 45.3 Å². The van der Waals surface area contributed by atoms with Crippen LogP contribution < -0.4 is 10.3 Å². The lowest BCUT2D eigenvalue weighted by Crippen LogP contribution is -2.36. The zero-order valence-electron chi connectivity index (χ0n) is 19.1. The standard InChI is InChI=1S/C24H30N4O4S/c1-18(6-12-27-10-4-9-25-27)26-11-7-20-23(24(30)31-2)21(17-22(29)28(20)14-13-26)32-15-8-19-5-3-16-33-19/h3-5,9-10,16-18H,6-8,11-15H2,1-2H3/t18-/m1/s1. The third-order valence-corrected chi connectivity index (χ3v) is 7.10. The first-order valence-electron chi connectivity index (χ1n) is 11.3. The molecule has 1 aliphatic rings. The smallest absolute Gasteiger partial charge is 0.343 e. The van der Waals surface area contributed by atoms with Crippen molar-refractivity contribution in [3.63, 3.8) is 0 Å². The fourth-order valence-corrected chi connectivity index (χ4v) is 4.98. The number of ether oxygens (including phenoxy) is 2. The number of carbonyl (C=O) groups excluding carboxylic acids is 1. The quantitative estimate of drug-likeness (QED) is 0.448. The van der Waals surface area contributed by atoms with Gasteiger partial charge in [-0.15, -0.1) is 11.3 Å². The third kappa shape index (κ3) is 5.54. The second-order valence-corrected chi connectivity index (χ2v) is 9.21. The number of nitrogens with zero attached hydrogens (tertiary/aromatic N) is 4. The molecule has 0 spiro atoms. The number of aromatic nitrogens is 3. The molecule has 0 fully saturated rings. The predicted octanol–water partition coefficient (Wildman–Crippen LogP) is 2.85. The van der Waals surface area contributed by atoms with E-state index in [1.165, 1.54) is 18.1 Å². The Morgan fingerprint density at radius 3 is 2.88 bits per heavy atom. The summed E-state index contributed by atoms with van der Waals surface area (Å²) in [5, 5.41) is 6.29. The maximum absolute atomic E-state index is 13.0. The molecule has 0 radical (unpaired) electrons. The van der Waals surface area contributed by atoms with Crippen LogP contribution in [0, 0.1) is 0 Å². The number of methoxy groups -OCH3 is 1. The SMILES string of the molecule is COC(=O)c1c(OCCc2cccs2)cc(=O)n2c1CCN([C@H](C)CCn1cccn1)CC2.